The SMILES string of the molecule is CCc1ccc2c(c1)Cc1cc(C(C)(C)C)ccc1O2. The molecule has 104 valence electrons. The summed E-state index contributed by atoms with van der Waals surface area (Å²) in [6.07, 6.45) is 2.05. The molecule has 1 aliphatic heterocycles. The first-order valence-corrected chi connectivity index (χ1v) is 7.40. The molecule has 0 aromatic heterocycles. The van der Waals surface area contributed by atoms with E-state index in [1.165, 1.54) is 22.3 Å². The first-order valence-electron chi connectivity index (χ1n) is 7.40. The summed E-state index contributed by atoms with van der Waals surface area (Å²) >= 11 is 0. The van der Waals surface area contributed by atoms with E-state index in [2.05, 4.69) is 64.1 Å². The summed E-state index contributed by atoms with van der Waals surface area (Å²) in [5.41, 5.74) is 5.54. The molecular weight excluding hydrogens is 244 g/mol. The first kappa shape index (κ1) is 13.2. The molecule has 1 heteroatoms. The van der Waals surface area contributed by atoms with Crippen LogP contribution in [0.25, 0.3) is 0 Å². The van der Waals surface area contributed by atoms with Crippen LogP contribution in [0, 0.1) is 0 Å². The van der Waals surface area contributed by atoms with Crippen LogP contribution in [0.5, 0.6) is 11.5 Å². The summed E-state index contributed by atoms with van der Waals surface area (Å²) in [6, 6.07) is 13.2. The van der Waals surface area contributed by atoms with Gasteiger partial charge in [-0.05, 0) is 46.2 Å². The highest BCUT2D eigenvalue weighted by Gasteiger charge is 2.20. The summed E-state index contributed by atoms with van der Waals surface area (Å²) in [6.45, 7) is 8.95. The van der Waals surface area contributed by atoms with Gasteiger partial charge in [-0.2, -0.15) is 0 Å². The van der Waals surface area contributed by atoms with Gasteiger partial charge < -0.3 is 4.74 Å². The van der Waals surface area contributed by atoms with Crippen LogP contribution in [-0.4, -0.2) is 0 Å². The molecule has 0 fully saturated rings. The van der Waals surface area contributed by atoms with Crippen LogP contribution in [0.3, 0.4) is 0 Å². The van der Waals surface area contributed by atoms with Gasteiger partial charge in [0.15, 0.2) is 0 Å². The van der Waals surface area contributed by atoms with Gasteiger partial charge in [-0.1, -0.05) is 52.0 Å². The van der Waals surface area contributed by atoms with Gasteiger partial charge in [-0.3, -0.25) is 0 Å². The second kappa shape index (κ2) is 4.66. The monoisotopic (exact) mass is 266 g/mol. The number of aryl methyl sites for hydroxylation is 1. The Balaban J connectivity index is 2.00. The molecular formula is C19H22O. The van der Waals surface area contributed by atoms with Crippen molar-refractivity contribution in [3.8, 4) is 11.5 Å². The minimum atomic E-state index is 0.181. The van der Waals surface area contributed by atoms with Crippen molar-refractivity contribution in [3.63, 3.8) is 0 Å². The Morgan fingerprint density at radius 1 is 0.950 bits per heavy atom. The van der Waals surface area contributed by atoms with Crippen LogP contribution >= 0.6 is 0 Å². The summed E-state index contributed by atoms with van der Waals surface area (Å²) < 4.78 is 6.04. The molecule has 3 rings (SSSR count). The van der Waals surface area contributed by atoms with Crippen LogP contribution in [0.2, 0.25) is 0 Å². The highest BCUT2D eigenvalue weighted by molar-refractivity contribution is 5.52. The average molecular weight is 266 g/mol. The molecule has 2 aromatic carbocycles. The highest BCUT2D eigenvalue weighted by Crippen LogP contribution is 2.38. The summed E-state index contributed by atoms with van der Waals surface area (Å²) in [7, 11) is 0. The first-order chi connectivity index (χ1) is 9.47. The lowest BCUT2D eigenvalue weighted by Crippen LogP contribution is -2.13. The van der Waals surface area contributed by atoms with E-state index in [0.717, 1.165) is 24.3 Å². The molecule has 1 nitrogen and oxygen atoms in total. The van der Waals surface area contributed by atoms with Gasteiger partial charge in [0.05, 0.1) is 0 Å². The van der Waals surface area contributed by atoms with E-state index in [9.17, 15) is 0 Å². The number of hydrogen-bond donors (Lipinski definition) is 0. The predicted octanol–water partition coefficient (Wildman–Crippen LogP) is 5.24. The number of rotatable bonds is 1. The molecule has 1 aliphatic rings. The van der Waals surface area contributed by atoms with E-state index >= 15 is 0 Å². The van der Waals surface area contributed by atoms with Gasteiger partial charge in [0.25, 0.3) is 0 Å². The zero-order valence-corrected chi connectivity index (χ0v) is 12.8. The third kappa shape index (κ3) is 2.33. The van der Waals surface area contributed by atoms with Crippen LogP contribution in [-0.2, 0) is 18.3 Å². The average Bonchev–Trinajstić information content (AvgIpc) is 2.42. The Morgan fingerprint density at radius 2 is 1.60 bits per heavy atom. The van der Waals surface area contributed by atoms with Crippen molar-refractivity contribution in [3.05, 3.63) is 58.7 Å². The second-order valence-corrected chi connectivity index (χ2v) is 6.65. The lowest BCUT2D eigenvalue weighted by molar-refractivity contribution is 0.458. The van der Waals surface area contributed by atoms with Crippen molar-refractivity contribution in [2.45, 2.75) is 46.0 Å². The van der Waals surface area contributed by atoms with Crippen LogP contribution in [0.4, 0.5) is 0 Å². The van der Waals surface area contributed by atoms with Crippen molar-refractivity contribution in [1.29, 1.82) is 0 Å². The van der Waals surface area contributed by atoms with Gasteiger partial charge >= 0.3 is 0 Å². The molecule has 2 aromatic rings. The Hall–Kier alpha value is -1.76. The number of hydrogen-bond acceptors (Lipinski definition) is 1. The Bertz CT molecular complexity index is 647. The van der Waals surface area contributed by atoms with Crippen LogP contribution < -0.4 is 4.74 Å². The van der Waals surface area contributed by atoms with E-state index in [-0.39, 0.29) is 5.41 Å². The lowest BCUT2D eigenvalue weighted by atomic mass is 9.85. The Labute approximate surface area is 121 Å². The third-order valence-corrected chi connectivity index (χ3v) is 4.06. The predicted molar refractivity (Wildman–Crippen MR) is 83.8 cm³/mol. The highest BCUT2D eigenvalue weighted by atomic mass is 16.5. The van der Waals surface area contributed by atoms with E-state index in [0.29, 0.717) is 0 Å². The standard InChI is InChI=1S/C19H22O/c1-5-13-6-8-17-14(10-13)11-15-12-16(19(2,3)4)7-9-18(15)20-17/h6-10,12H,5,11H2,1-4H3. The molecule has 0 unspecified atom stereocenters. The van der Waals surface area contributed by atoms with Crippen molar-refractivity contribution < 1.29 is 4.74 Å². The molecule has 0 amide bonds. The second-order valence-electron chi connectivity index (χ2n) is 6.65. The van der Waals surface area contributed by atoms with Gasteiger partial charge in [-0.15, -0.1) is 0 Å². The minimum absolute atomic E-state index is 0.181. The lowest BCUT2D eigenvalue weighted by Gasteiger charge is -2.25. The molecule has 1 heterocycles. The van der Waals surface area contributed by atoms with Gasteiger partial charge in [0.1, 0.15) is 11.5 Å². The Morgan fingerprint density at radius 3 is 2.25 bits per heavy atom. The normalized spacial score (nSPS) is 13.4. The van der Waals surface area contributed by atoms with Crippen LogP contribution in [0.15, 0.2) is 36.4 Å². The van der Waals surface area contributed by atoms with Gasteiger partial charge in [0, 0.05) is 6.42 Å². The van der Waals surface area contributed by atoms with E-state index in [1.807, 2.05) is 0 Å². The van der Waals surface area contributed by atoms with E-state index < -0.39 is 0 Å². The zero-order chi connectivity index (χ0) is 14.3. The molecule has 0 N–H and O–H groups in total. The number of ether oxygens (including phenoxy) is 1. The summed E-state index contributed by atoms with van der Waals surface area (Å²) in [5.74, 6) is 2.02. The minimum Gasteiger partial charge on any atom is -0.457 e. The van der Waals surface area contributed by atoms with Gasteiger partial charge in [-0.25, -0.2) is 0 Å². The molecule has 0 atom stereocenters. The smallest absolute Gasteiger partial charge is 0.130 e. The molecule has 0 radical (unpaired) electrons. The number of fused-ring (bicyclic) bond motifs is 2. The van der Waals surface area contributed by atoms with Crippen molar-refractivity contribution in [1.82, 2.24) is 0 Å². The maximum Gasteiger partial charge on any atom is 0.130 e. The van der Waals surface area contributed by atoms with Crippen molar-refractivity contribution >= 4 is 0 Å². The fourth-order valence-corrected chi connectivity index (χ4v) is 2.70. The maximum atomic E-state index is 6.04. The fourth-order valence-electron chi connectivity index (χ4n) is 2.70. The summed E-state index contributed by atoms with van der Waals surface area (Å²) in [5, 5.41) is 0. The van der Waals surface area contributed by atoms with E-state index in [4.69, 9.17) is 4.74 Å². The summed E-state index contributed by atoms with van der Waals surface area (Å²) in [4.78, 5) is 0. The van der Waals surface area contributed by atoms with Crippen LogP contribution in [0.1, 0.15) is 49.9 Å². The zero-order valence-electron chi connectivity index (χ0n) is 12.8. The molecule has 0 bridgehead atoms. The quantitative estimate of drug-likeness (QED) is 0.585. The Kier molecular flexibility index (Phi) is 3.08. The molecule has 0 saturated carbocycles. The maximum absolute atomic E-state index is 6.04. The molecule has 0 aliphatic carbocycles. The molecule has 0 saturated heterocycles. The van der Waals surface area contributed by atoms with Crippen molar-refractivity contribution in [2.24, 2.45) is 0 Å². The molecule has 0 spiro atoms. The van der Waals surface area contributed by atoms with Crippen molar-refractivity contribution in [2.75, 3.05) is 0 Å². The molecule has 20 heavy (non-hydrogen) atoms. The topological polar surface area (TPSA) is 9.23 Å². The van der Waals surface area contributed by atoms with Gasteiger partial charge in [0.2, 0.25) is 0 Å². The van der Waals surface area contributed by atoms with E-state index in [1.54, 1.807) is 0 Å². The fraction of sp³-hybridized carbons (Fsp3) is 0.368. The largest absolute Gasteiger partial charge is 0.457 e. The third-order valence-electron chi connectivity index (χ3n) is 4.06. The number of benzene rings is 2.